The van der Waals surface area contributed by atoms with E-state index in [-0.39, 0.29) is 38.0 Å². The van der Waals surface area contributed by atoms with Crippen LogP contribution in [0.2, 0.25) is 39.3 Å². The SMILES string of the molecule is C[Si](C)(C)c1ccc(-c2cccc3c2C=[C-]C3c2ccccn2)cc1.C[Si](C)(C)c1ccc(-c2cccc3c2C=[C-]C3c2ccccn2)cc1.[Zr+2]. The third kappa shape index (κ3) is 7.92. The molecule has 8 rings (SSSR count). The van der Waals surface area contributed by atoms with Crippen LogP contribution >= 0.6 is 0 Å². The Morgan fingerprint density at radius 1 is 0.451 bits per heavy atom. The predicted octanol–water partition coefficient (Wildman–Crippen LogP) is 10.5. The van der Waals surface area contributed by atoms with Crippen LogP contribution in [0.1, 0.15) is 45.5 Å². The molecule has 0 amide bonds. The van der Waals surface area contributed by atoms with E-state index in [2.05, 4.69) is 171 Å². The van der Waals surface area contributed by atoms with E-state index in [9.17, 15) is 0 Å². The van der Waals surface area contributed by atoms with Gasteiger partial charge < -0.3 is 0 Å². The fourth-order valence-electron chi connectivity index (χ4n) is 6.89. The Bertz CT molecular complexity index is 2000. The van der Waals surface area contributed by atoms with Crippen molar-refractivity contribution in [2.24, 2.45) is 0 Å². The van der Waals surface area contributed by atoms with Crippen LogP contribution in [-0.4, -0.2) is 26.1 Å². The second kappa shape index (κ2) is 15.3. The largest absolute Gasteiger partial charge is 2.00 e. The fraction of sp³-hybridized carbons (Fsp3) is 0.174. The van der Waals surface area contributed by atoms with Gasteiger partial charge in [-0.3, -0.25) is 22.1 Å². The van der Waals surface area contributed by atoms with Crippen LogP contribution in [0.25, 0.3) is 34.4 Å². The zero-order valence-corrected chi connectivity index (χ0v) is 34.9. The minimum atomic E-state index is -1.26. The molecule has 5 heteroatoms. The Hall–Kier alpha value is -4.02. The summed E-state index contributed by atoms with van der Waals surface area (Å²) < 4.78 is 0. The van der Waals surface area contributed by atoms with E-state index in [0.29, 0.717) is 0 Å². The van der Waals surface area contributed by atoms with Crippen molar-refractivity contribution < 1.29 is 26.2 Å². The van der Waals surface area contributed by atoms with Crippen LogP contribution in [0.5, 0.6) is 0 Å². The minimum Gasteiger partial charge on any atom is -0.262 e. The molecular weight excluding hydrogens is 728 g/mol. The topological polar surface area (TPSA) is 25.8 Å². The van der Waals surface area contributed by atoms with Gasteiger partial charge in [-0.25, -0.2) is 12.2 Å². The standard InChI is InChI=1S/2C23H22NSi.Zr/c2*1-25(2,3)18-12-10-17(11-13-18)19-7-6-8-20-21(19)14-15-22(20)23-9-4-5-16-24-23;/h2*4-14,16,22H,1-3H3;/q2*-1;+2. The first-order valence-corrected chi connectivity index (χ1v) is 24.6. The summed E-state index contributed by atoms with van der Waals surface area (Å²) in [5.74, 6) is 0.273. The van der Waals surface area contributed by atoms with E-state index in [4.69, 9.17) is 0 Å². The van der Waals surface area contributed by atoms with Crippen molar-refractivity contribution in [1.82, 2.24) is 9.97 Å². The Morgan fingerprint density at radius 2 is 0.843 bits per heavy atom. The molecule has 0 fully saturated rings. The number of rotatable bonds is 6. The summed E-state index contributed by atoms with van der Waals surface area (Å²) in [5.41, 5.74) is 12.4. The van der Waals surface area contributed by atoms with Gasteiger partial charge in [0, 0.05) is 23.8 Å². The van der Waals surface area contributed by atoms with Crippen LogP contribution in [-0.2, 0) is 26.2 Å². The zero-order chi connectivity index (χ0) is 34.9. The number of pyridine rings is 2. The average molecular weight is 772 g/mol. The Kier molecular flexibility index (Phi) is 11.0. The molecule has 0 bridgehead atoms. The molecule has 250 valence electrons. The molecule has 0 radical (unpaired) electrons. The van der Waals surface area contributed by atoms with Crippen molar-refractivity contribution in [3.05, 3.63) is 180 Å². The molecule has 0 saturated heterocycles. The van der Waals surface area contributed by atoms with Gasteiger partial charge in [-0.05, 0) is 47.2 Å². The Balaban J connectivity index is 0.000000172. The molecule has 51 heavy (non-hydrogen) atoms. The normalized spacial score (nSPS) is 15.7. The van der Waals surface area contributed by atoms with Crippen molar-refractivity contribution >= 4 is 38.7 Å². The Labute approximate surface area is 325 Å². The van der Waals surface area contributed by atoms with Gasteiger partial charge in [-0.15, -0.1) is 11.1 Å². The third-order valence-corrected chi connectivity index (χ3v) is 13.9. The van der Waals surface area contributed by atoms with E-state index in [0.717, 1.165) is 11.4 Å². The number of hydrogen-bond acceptors (Lipinski definition) is 2. The molecule has 0 saturated carbocycles. The zero-order valence-electron chi connectivity index (χ0n) is 30.4. The molecule has 0 spiro atoms. The molecule has 2 aliphatic rings. The second-order valence-corrected chi connectivity index (χ2v) is 25.4. The molecule has 2 nitrogen and oxygen atoms in total. The number of aromatic nitrogens is 2. The Morgan fingerprint density at radius 3 is 1.18 bits per heavy atom. The first kappa shape index (κ1) is 36.8. The van der Waals surface area contributed by atoms with E-state index in [1.54, 1.807) is 0 Å². The summed E-state index contributed by atoms with van der Waals surface area (Å²) in [5, 5.41) is 2.99. The maximum atomic E-state index is 4.52. The maximum absolute atomic E-state index is 4.52. The second-order valence-electron chi connectivity index (χ2n) is 15.3. The molecule has 2 unspecified atom stereocenters. The van der Waals surface area contributed by atoms with Gasteiger partial charge >= 0.3 is 26.2 Å². The first-order chi connectivity index (χ1) is 24.1. The molecule has 0 N–H and O–H groups in total. The molecule has 0 aliphatic heterocycles. The quantitative estimate of drug-likeness (QED) is 0.125. The van der Waals surface area contributed by atoms with Crippen LogP contribution in [0.15, 0.2) is 134 Å². The van der Waals surface area contributed by atoms with Crippen LogP contribution in [0.4, 0.5) is 0 Å². The smallest absolute Gasteiger partial charge is 0.262 e. The van der Waals surface area contributed by atoms with Crippen LogP contribution in [0.3, 0.4) is 0 Å². The molecular formula is C46H44N2Si2Zr. The molecule has 2 aliphatic carbocycles. The van der Waals surface area contributed by atoms with E-state index in [1.807, 2.05) is 36.7 Å². The minimum absolute atomic E-state index is 0. The summed E-state index contributed by atoms with van der Waals surface area (Å²) in [6.45, 7) is 14.3. The van der Waals surface area contributed by atoms with Gasteiger partial charge in [-0.2, -0.15) is 11.1 Å². The number of benzene rings is 4. The van der Waals surface area contributed by atoms with Gasteiger partial charge in [0.25, 0.3) is 0 Å². The molecule has 2 aromatic heterocycles. The van der Waals surface area contributed by atoms with Crippen LogP contribution < -0.4 is 10.4 Å². The molecule has 2 atom stereocenters. The van der Waals surface area contributed by atoms with E-state index in [1.165, 1.54) is 54.9 Å². The number of allylic oxidation sites excluding steroid dienone is 2. The number of fused-ring (bicyclic) bond motifs is 2. The summed E-state index contributed by atoms with van der Waals surface area (Å²) in [7, 11) is -2.52. The first-order valence-electron chi connectivity index (χ1n) is 17.6. The summed E-state index contributed by atoms with van der Waals surface area (Å²) in [6, 6.07) is 43.6. The van der Waals surface area contributed by atoms with Crippen molar-refractivity contribution in [3.8, 4) is 22.3 Å². The number of nitrogens with zero attached hydrogens (tertiary/aromatic N) is 2. The van der Waals surface area contributed by atoms with E-state index < -0.39 is 16.1 Å². The van der Waals surface area contributed by atoms with E-state index >= 15 is 0 Å². The van der Waals surface area contributed by atoms with Gasteiger partial charge in [0.05, 0.1) is 16.1 Å². The van der Waals surface area contributed by atoms with Crippen LogP contribution in [0, 0.1) is 12.2 Å². The summed E-state index contributed by atoms with van der Waals surface area (Å²) in [4.78, 5) is 9.05. The van der Waals surface area contributed by atoms with Gasteiger partial charge in [0.15, 0.2) is 0 Å². The van der Waals surface area contributed by atoms with Crippen molar-refractivity contribution in [1.29, 1.82) is 0 Å². The molecule has 4 aromatic carbocycles. The average Bonchev–Trinajstić information content (AvgIpc) is 3.77. The maximum Gasteiger partial charge on any atom is 2.00 e. The fourth-order valence-corrected chi connectivity index (χ4v) is 9.22. The van der Waals surface area contributed by atoms with Crippen molar-refractivity contribution in [2.75, 3.05) is 0 Å². The van der Waals surface area contributed by atoms with Gasteiger partial charge in [0.2, 0.25) is 0 Å². The predicted molar refractivity (Wildman–Crippen MR) is 217 cm³/mol. The van der Waals surface area contributed by atoms with Gasteiger partial charge in [0.1, 0.15) is 0 Å². The van der Waals surface area contributed by atoms with Crippen molar-refractivity contribution in [2.45, 2.75) is 51.1 Å². The van der Waals surface area contributed by atoms with Gasteiger partial charge in [-0.1, -0.05) is 158 Å². The molecule has 2 heterocycles. The number of hydrogen-bond donors (Lipinski definition) is 0. The monoisotopic (exact) mass is 770 g/mol. The van der Waals surface area contributed by atoms with Crippen molar-refractivity contribution in [3.63, 3.8) is 0 Å². The summed E-state index contributed by atoms with van der Waals surface area (Å²) in [6.07, 6.45) is 15.0. The third-order valence-electron chi connectivity index (χ3n) is 9.78. The molecule has 6 aromatic rings. The summed E-state index contributed by atoms with van der Waals surface area (Å²) >= 11 is 0.